The second-order valence-electron chi connectivity index (χ2n) is 9.35. The topological polar surface area (TPSA) is 47.6 Å². The number of methoxy groups -OCH3 is 2. The predicted molar refractivity (Wildman–Crippen MR) is 132 cm³/mol. The largest absolute Gasteiger partial charge is 0.493 e. The van der Waals surface area contributed by atoms with Crippen LogP contribution in [-0.2, 0) is 4.79 Å². The summed E-state index contributed by atoms with van der Waals surface area (Å²) < 4.78 is 11.9. The summed E-state index contributed by atoms with van der Waals surface area (Å²) in [5.41, 5.74) is 5.11. The van der Waals surface area contributed by atoms with Crippen LogP contribution in [0.5, 0.6) is 11.5 Å². The fraction of sp³-hybridized carbons (Fsp3) is 0.296. The van der Waals surface area contributed by atoms with E-state index in [9.17, 15) is 4.79 Å². The maximum atomic E-state index is 13.5. The van der Waals surface area contributed by atoms with Gasteiger partial charge in [-0.05, 0) is 40.5 Å². The zero-order valence-electron chi connectivity index (χ0n) is 18.7. The minimum atomic E-state index is -0.277. The Kier molecular flexibility index (Phi) is 5.05. The molecule has 2 aliphatic rings. The highest BCUT2D eigenvalue weighted by atomic mass is 79.9. The van der Waals surface area contributed by atoms with E-state index in [4.69, 9.17) is 9.47 Å². The van der Waals surface area contributed by atoms with Gasteiger partial charge in [0.2, 0.25) is 0 Å². The van der Waals surface area contributed by atoms with Crippen LogP contribution in [-0.4, -0.2) is 20.0 Å². The van der Waals surface area contributed by atoms with E-state index in [-0.39, 0.29) is 17.2 Å². The first kappa shape index (κ1) is 21.1. The normalized spacial score (nSPS) is 19.3. The quantitative estimate of drug-likeness (QED) is 0.431. The number of Topliss-reactive ketones (excluding diaryl/α,β-unsaturated/α-hetero) is 1. The Morgan fingerprint density at radius 2 is 1.72 bits per heavy atom. The molecule has 4 nitrogen and oxygen atoms in total. The van der Waals surface area contributed by atoms with E-state index in [1.54, 1.807) is 14.2 Å². The van der Waals surface area contributed by atoms with Crippen LogP contribution in [0, 0.1) is 5.41 Å². The van der Waals surface area contributed by atoms with E-state index >= 15 is 0 Å². The summed E-state index contributed by atoms with van der Waals surface area (Å²) in [6.07, 6.45) is 1.40. The van der Waals surface area contributed by atoms with Crippen molar-refractivity contribution in [1.29, 1.82) is 0 Å². The van der Waals surface area contributed by atoms with Crippen LogP contribution in [0.25, 0.3) is 16.3 Å². The van der Waals surface area contributed by atoms with E-state index in [0.717, 1.165) is 44.2 Å². The number of ether oxygens (including phenoxy) is 2. The number of carbonyl (C=O) groups excluding carboxylic acids is 1. The first-order valence-electron chi connectivity index (χ1n) is 10.8. The molecule has 5 heteroatoms. The van der Waals surface area contributed by atoms with Gasteiger partial charge < -0.3 is 14.8 Å². The molecular weight excluding hydrogens is 466 g/mol. The van der Waals surface area contributed by atoms with Crippen LogP contribution >= 0.6 is 15.9 Å². The second-order valence-corrected chi connectivity index (χ2v) is 10.2. The zero-order chi connectivity index (χ0) is 22.6. The minimum Gasteiger partial charge on any atom is -0.493 e. The third-order valence-corrected chi connectivity index (χ3v) is 7.25. The Labute approximate surface area is 196 Å². The molecule has 0 saturated heterocycles. The number of benzene rings is 3. The Morgan fingerprint density at radius 3 is 2.47 bits per heavy atom. The molecule has 0 fully saturated rings. The monoisotopic (exact) mass is 491 g/mol. The van der Waals surface area contributed by atoms with Crippen LogP contribution in [0.3, 0.4) is 0 Å². The van der Waals surface area contributed by atoms with Gasteiger partial charge in [-0.25, -0.2) is 0 Å². The average molecular weight is 492 g/mol. The molecule has 0 spiro atoms. The number of carbonyl (C=O) groups is 1. The summed E-state index contributed by atoms with van der Waals surface area (Å²) in [5, 5.41) is 6.07. The highest BCUT2D eigenvalue weighted by molar-refractivity contribution is 9.10. The van der Waals surface area contributed by atoms with Crippen molar-refractivity contribution in [3.63, 3.8) is 0 Å². The van der Waals surface area contributed by atoms with Crippen molar-refractivity contribution in [2.24, 2.45) is 5.41 Å². The molecular formula is C27H26BrNO3. The smallest absolute Gasteiger partial charge is 0.162 e. The summed E-state index contributed by atoms with van der Waals surface area (Å²) in [5.74, 6) is 1.49. The van der Waals surface area contributed by atoms with Crippen molar-refractivity contribution in [3.05, 3.63) is 69.7 Å². The summed E-state index contributed by atoms with van der Waals surface area (Å²) in [7, 11) is 3.25. The number of hydrogen-bond acceptors (Lipinski definition) is 4. The second kappa shape index (κ2) is 7.66. The maximum Gasteiger partial charge on any atom is 0.162 e. The highest BCUT2D eigenvalue weighted by Gasteiger charge is 2.41. The number of ketones is 1. The van der Waals surface area contributed by atoms with Crippen molar-refractivity contribution in [2.45, 2.75) is 32.7 Å². The molecule has 1 unspecified atom stereocenters. The van der Waals surface area contributed by atoms with Crippen molar-refractivity contribution >= 4 is 43.7 Å². The molecule has 0 bridgehead atoms. The third-order valence-electron chi connectivity index (χ3n) is 6.57. The molecule has 0 amide bonds. The molecule has 3 aromatic rings. The van der Waals surface area contributed by atoms with Crippen LogP contribution in [0.4, 0.5) is 5.69 Å². The Balaban J connectivity index is 1.79. The lowest BCUT2D eigenvalue weighted by Gasteiger charge is -2.40. The molecule has 32 heavy (non-hydrogen) atoms. The Bertz CT molecular complexity index is 1290. The van der Waals surface area contributed by atoms with Crippen molar-refractivity contribution in [3.8, 4) is 11.5 Å². The molecule has 1 heterocycles. The van der Waals surface area contributed by atoms with E-state index in [0.29, 0.717) is 17.9 Å². The van der Waals surface area contributed by atoms with E-state index in [1.807, 2.05) is 12.1 Å². The van der Waals surface area contributed by atoms with Gasteiger partial charge in [-0.1, -0.05) is 66.2 Å². The van der Waals surface area contributed by atoms with Gasteiger partial charge in [0.1, 0.15) is 0 Å². The van der Waals surface area contributed by atoms with E-state index < -0.39 is 0 Å². The van der Waals surface area contributed by atoms with Gasteiger partial charge >= 0.3 is 0 Å². The lowest BCUT2D eigenvalue weighted by atomic mass is 9.68. The summed E-state index contributed by atoms with van der Waals surface area (Å²) in [6, 6.07) is 16.3. The molecule has 1 N–H and O–H groups in total. The molecule has 0 aromatic heterocycles. The van der Waals surface area contributed by atoms with Gasteiger partial charge in [0.05, 0.1) is 25.9 Å². The molecule has 1 atom stereocenters. The van der Waals surface area contributed by atoms with Gasteiger partial charge in [0, 0.05) is 27.4 Å². The lowest BCUT2D eigenvalue weighted by molar-refractivity contribution is -0.118. The SMILES string of the molecule is COc1cc(Br)c(C2Nc3c(ccc4ccccc34)C3=C2C(=O)CC(C)(C)C3)cc1OC. The maximum absolute atomic E-state index is 13.5. The highest BCUT2D eigenvalue weighted by Crippen LogP contribution is 2.53. The van der Waals surface area contributed by atoms with Gasteiger partial charge in [-0.3, -0.25) is 4.79 Å². The first-order chi connectivity index (χ1) is 15.3. The summed E-state index contributed by atoms with van der Waals surface area (Å²) >= 11 is 3.73. The number of nitrogens with one attached hydrogen (secondary N) is 1. The lowest BCUT2D eigenvalue weighted by Crippen LogP contribution is -2.33. The van der Waals surface area contributed by atoms with Gasteiger partial charge in [-0.15, -0.1) is 0 Å². The molecule has 0 saturated carbocycles. The number of halogens is 1. The standard InChI is InChI=1S/C27H26BrNO3/c1-27(2)13-19-17-10-9-15-7-5-6-8-16(15)25(17)29-26(24(19)21(30)14-27)18-11-22(31-3)23(32-4)12-20(18)28/h5-12,26,29H,13-14H2,1-4H3. The predicted octanol–water partition coefficient (Wildman–Crippen LogP) is 6.93. The number of fused-ring (bicyclic) bond motifs is 4. The van der Waals surface area contributed by atoms with Crippen LogP contribution in [0.2, 0.25) is 0 Å². The Hall–Kier alpha value is -2.79. The van der Waals surface area contributed by atoms with E-state index in [2.05, 4.69) is 71.5 Å². The fourth-order valence-corrected chi connectivity index (χ4v) is 5.68. The molecule has 164 valence electrons. The van der Waals surface area contributed by atoms with E-state index in [1.165, 1.54) is 5.39 Å². The van der Waals surface area contributed by atoms with Crippen molar-refractivity contribution < 1.29 is 14.3 Å². The first-order valence-corrected chi connectivity index (χ1v) is 11.6. The number of rotatable bonds is 3. The molecule has 1 aliphatic heterocycles. The van der Waals surface area contributed by atoms with Crippen LogP contribution in [0.1, 0.15) is 43.9 Å². The van der Waals surface area contributed by atoms with Gasteiger partial charge in [0.25, 0.3) is 0 Å². The molecule has 0 radical (unpaired) electrons. The summed E-state index contributed by atoms with van der Waals surface area (Å²) in [6.45, 7) is 4.36. The third kappa shape index (κ3) is 3.30. The summed E-state index contributed by atoms with van der Waals surface area (Å²) in [4.78, 5) is 13.5. The molecule has 5 rings (SSSR count). The number of allylic oxidation sites excluding steroid dienone is 1. The zero-order valence-corrected chi connectivity index (χ0v) is 20.3. The fourth-order valence-electron chi connectivity index (χ4n) is 5.13. The van der Waals surface area contributed by atoms with Crippen molar-refractivity contribution in [2.75, 3.05) is 19.5 Å². The average Bonchev–Trinajstić information content (AvgIpc) is 2.77. The van der Waals surface area contributed by atoms with Gasteiger partial charge in [0.15, 0.2) is 17.3 Å². The number of anilines is 1. The van der Waals surface area contributed by atoms with Crippen LogP contribution in [0.15, 0.2) is 58.6 Å². The Morgan fingerprint density at radius 1 is 1.00 bits per heavy atom. The van der Waals surface area contributed by atoms with Gasteiger partial charge in [-0.2, -0.15) is 0 Å². The molecule has 1 aliphatic carbocycles. The van der Waals surface area contributed by atoms with Crippen molar-refractivity contribution in [1.82, 2.24) is 0 Å². The molecule has 3 aromatic carbocycles. The number of hydrogen-bond donors (Lipinski definition) is 1. The van der Waals surface area contributed by atoms with Crippen LogP contribution < -0.4 is 14.8 Å². The minimum absolute atomic E-state index is 0.0739.